The number of benzene rings is 1. The van der Waals surface area contributed by atoms with Gasteiger partial charge in [-0.15, -0.1) is 0 Å². The van der Waals surface area contributed by atoms with E-state index in [4.69, 9.17) is 9.47 Å². The number of piperazine rings is 1. The van der Waals surface area contributed by atoms with Crippen LogP contribution >= 0.6 is 0 Å². The summed E-state index contributed by atoms with van der Waals surface area (Å²) in [5.41, 5.74) is 0.234. The molecule has 3 heterocycles. The van der Waals surface area contributed by atoms with Crippen molar-refractivity contribution >= 4 is 17.8 Å². The van der Waals surface area contributed by atoms with E-state index >= 15 is 0 Å². The molecule has 2 atom stereocenters. The lowest BCUT2D eigenvalue weighted by molar-refractivity contribution is -0.141. The molecule has 2 saturated heterocycles. The van der Waals surface area contributed by atoms with Crippen molar-refractivity contribution in [3.05, 3.63) is 23.8 Å². The number of urea groups is 1. The first-order chi connectivity index (χ1) is 16.6. The summed E-state index contributed by atoms with van der Waals surface area (Å²) >= 11 is 0. The van der Waals surface area contributed by atoms with Crippen LogP contribution in [0.2, 0.25) is 0 Å². The van der Waals surface area contributed by atoms with E-state index in [1.807, 2.05) is 18.2 Å². The normalized spacial score (nSPS) is 28.4. The molecule has 5 rings (SSSR count). The molecule has 9 heteroatoms. The van der Waals surface area contributed by atoms with E-state index in [0.717, 1.165) is 48.0 Å². The maximum absolute atomic E-state index is 13.3. The van der Waals surface area contributed by atoms with Crippen LogP contribution in [0.15, 0.2) is 18.2 Å². The third kappa shape index (κ3) is 4.83. The van der Waals surface area contributed by atoms with Gasteiger partial charge in [0, 0.05) is 32.7 Å². The van der Waals surface area contributed by atoms with Gasteiger partial charge in [0.2, 0.25) is 5.91 Å². The summed E-state index contributed by atoms with van der Waals surface area (Å²) in [4.78, 5) is 44.3. The van der Waals surface area contributed by atoms with Crippen molar-refractivity contribution in [1.82, 2.24) is 20.0 Å². The number of amides is 4. The minimum absolute atomic E-state index is 0.0336. The Balaban J connectivity index is 1.15. The zero-order valence-electron chi connectivity index (χ0n) is 21.0. The Bertz CT molecular complexity index is 1020. The molecule has 3 fully saturated rings. The summed E-state index contributed by atoms with van der Waals surface area (Å²) < 4.78 is 11.3. The van der Waals surface area contributed by atoms with Gasteiger partial charge in [0.25, 0.3) is 5.91 Å². The van der Waals surface area contributed by atoms with E-state index in [0.29, 0.717) is 45.1 Å². The molecule has 1 aromatic rings. The number of nitrogens with one attached hydrogen (secondary N) is 1. The number of hydrogen-bond acceptors (Lipinski definition) is 6. The van der Waals surface area contributed by atoms with Gasteiger partial charge in [0.15, 0.2) is 11.5 Å². The number of nitrogens with zero attached hydrogens (tertiary/aromatic N) is 3. The first-order valence-corrected chi connectivity index (χ1v) is 12.7. The fraction of sp³-hybridized carbons (Fsp3) is 0.654. The molecule has 35 heavy (non-hydrogen) atoms. The molecule has 190 valence electrons. The topological polar surface area (TPSA) is 91.4 Å². The Hall–Kier alpha value is -2.81. The molecule has 0 aromatic heterocycles. The van der Waals surface area contributed by atoms with Crippen LogP contribution in [0.5, 0.6) is 11.5 Å². The maximum atomic E-state index is 13.3. The van der Waals surface area contributed by atoms with Crippen LogP contribution in [0.1, 0.15) is 45.6 Å². The van der Waals surface area contributed by atoms with Gasteiger partial charge in [0.05, 0.1) is 0 Å². The molecule has 2 unspecified atom stereocenters. The van der Waals surface area contributed by atoms with Crippen LogP contribution in [0.4, 0.5) is 4.79 Å². The number of hydrogen-bond donors (Lipinski definition) is 1. The number of fused-ring (bicyclic) bond motifs is 1. The number of carbonyl (C=O) groups is 3. The fourth-order valence-corrected chi connectivity index (χ4v) is 6.48. The van der Waals surface area contributed by atoms with Gasteiger partial charge in [0.1, 0.15) is 25.3 Å². The molecule has 1 aliphatic carbocycles. The molecule has 1 saturated carbocycles. The van der Waals surface area contributed by atoms with E-state index in [1.54, 1.807) is 4.90 Å². The number of rotatable bonds is 4. The molecule has 4 amide bonds. The summed E-state index contributed by atoms with van der Waals surface area (Å²) in [6.45, 7) is 10.7. The van der Waals surface area contributed by atoms with Crippen LogP contribution in [0.25, 0.3) is 0 Å². The third-order valence-electron chi connectivity index (χ3n) is 7.66. The molecule has 1 N–H and O–H groups in total. The minimum Gasteiger partial charge on any atom is -0.486 e. The zero-order chi connectivity index (χ0) is 24.8. The van der Waals surface area contributed by atoms with Gasteiger partial charge >= 0.3 is 6.03 Å². The molecule has 0 radical (unpaired) electrons. The van der Waals surface area contributed by atoms with Crippen molar-refractivity contribution in [3.8, 4) is 11.5 Å². The Morgan fingerprint density at radius 2 is 1.77 bits per heavy atom. The van der Waals surface area contributed by atoms with E-state index in [2.05, 4.69) is 31.0 Å². The highest BCUT2D eigenvalue weighted by atomic mass is 16.6. The highest BCUT2D eigenvalue weighted by Crippen LogP contribution is 2.46. The smallest absolute Gasteiger partial charge is 0.325 e. The largest absolute Gasteiger partial charge is 0.486 e. The summed E-state index contributed by atoms with van der Waals surface area (Å²) in [7, 11) is 0. The van der Waals surface area contributed by atoms with Crippen LogP contribution in [0, 0.1) is 11.3 Å². The Kier molecular flexibility index (Phi) is 6.15. The van der Waals surface area contributed by atoms with Gasteiger partial charge in [-0.25, -0.2) is 4.79 Å². The Labute approximate surface area is 206 Å². The SMILES string of the molecule is CC1CC(C)(C)CC2(C1)NC(=O)N(CC(=O)N1CCN(Cc3ccc4c(c3)OCCO4)CC1)C2=O. The quantitative estimate of drug-likeness (QED) is 0.659. The van der Waals surface area contributed by atoms with Gasteiger partial charge < -0.3 is 19.7 Å². The first-order valence-electron chi connectivity index (χ1n) is 12.7. The lowest BCUT2D eigenvalue weighted by atomic mass is 9.64. The highest BCUT2D eigenvalue weighted by Gasteiger charge is 2.56. The van der Waals surface area contributed by atoms with Crippen molar-refractivity contribution in [2.45, 2.75) is 52.1 Å². The van der Waals surface area contributed by atoms with Crippen LogP contribution in [-0.4, -0.2) is 84.0 Å². The second-order valence-electron chi connectivity index (χ2n) is 11.4. The van der Waals surface area contributed by atoms with Crippen LogP contribution < -0.4 is 14.8 Å². The number of ether oxygens (including phenoxy) is 2. The Morgan fingerprint density at radius 1 is 1.06 bits per heavy atom. The van der Waals surface area contributed by atoms with E-state index in [9.17, 15) is 14.4 Å². The molecule has 1 spiro atoms. The van der Waals surface area contributed by atoms with Gasteiger partial charge in [-0.1, -0.05) is 26.8 Å². The van der Waals surface area contributed by atoms with E-state index in [1.165, 1.54) is 0 Å². The van der Waals surface area contributed by atoms with Crippen LogP contribution in [0.3, 0.4) is 0 Å². The van der Waals surface area contributed by atoms with Crippen molar-refractivity contribution in [3.63, 3.8) is 0 Å². The van der Waals surface area contributed by atoms with Crippen molar-refractivity contribution in [1.29, 1.82) is 0 Å². The maximum Gasteiger partial charge on any atom is 0.325 e. The molecular weight excluding hydrogens is 448 g/mol. The molecular formula is C26H36N4O5. The monoisotopic (exact) mass is 484 g/mol. The predicted octanol–water partition coefficient (Wildman–Crippen LogP) is 2.24. The second-order valence-corrected chi connectivity index (χ2v) is 11.4. The average Bonchev–Trinajstić information content (AvgIpc) is 3.01. The van der Waals surface area contributed by atoms with E-state index < -0.39 is 11.6 Å². The highest BCUT2D eigenvalue weighted by molar-refractivity contribution is 6.09. The van der Waals surface area contributed by atoms with Gasteiger partial charge in [-0.05, 0) is 48.3 Å². The van der Waals surface area contributed by atoms with E-state index in [-0.39, 0.29) is 23.8 Å². The summed E-state index contributed by atoms with van der Waals surface area (Å²) in [5, 5.41) is 2.96. The summed E-state index contributed by atoms with van der Waals surface area (Å²) in [6.07, 6.45) is 2.26. The predicted molar refractivity (Wildman–Crippen MR) is 129 cm³/mol. The van der Waals surface area contributed by atoms with Crippen molar-refractivity contribution in [2.75, 3.05) is 45.9 Å². The Morgan fingerprint density at radius 3 is 2.49 bits per heavy atom. The lowest BCUT2D eigenvalue weighted by Gasteiger charge is -2.43. The molecule has 1 aromatic carbocycles. The summed E-state index contributed by atoms with van der Waals surface area (Å²) in [5.74, 6) is 1.48. The lowest BCUT2D eigenvalue weighted by Crippen LogP contribution is -2.55. The molecule has 4 aliphatic rings. The first kappa shape index (κ1) is 23.9. The average molecular weight is 485 g/mol. The van der Waals surface area contributed by atoms with Gasteiger partial charge in [-0.3, -0.25) is 19.4 Å². The molecule has 3 aliphatic heterocycles. The number of carbonyl (C=O) groups excluding carboxylic acids is 3. The van der Waals surface area contributed by atoms with Gasteiger partial charge in [-0.2, -0.15) is 0 Å². The molecule has 0 bridgehead atoms. The minimum atomic E-state index is -0.874. The zero-order valence-corrected chi connectivity index (χ0v) is 21.0. The third-order valence-corrected chi connectivity index (χ3v) is 7.66. The van der Waals surface area contributed by atoms with Crippen molar-refractivity contribution in [2.24, 2.45) is 11.3 Å². The van der Waals surface area contributed by atoms with Crippen molar-refractivity contribution < 1.29 is 23.9 Å². The summed E-state index contributed by atoms with van der Waals surface area (Å²) in [6, 6.07) is 5.58. The van der Waals surface area contributed by atoms with Crippen LogP contribution in [-0.2, 0) is 16.1 Å². The fourth-order valence-electron chi connectivity index (χ4n) is 6.48. The standard InChI is InChI=1S/C26H36N4O5/c1-18-13-25(2,3)17-26(14-18)23(32)30(24(33)27-26)16-22(31)29-8-6-28(7-9-29)15-19-4-5-20-21(12-19)35-11-10-34-20/h4-5,12,18H,6-11,13-17H2,1-3H3,(H,27,33). The number of imide groups is 1. The molecule has 9 nitrogen and oxygen atoms in total. The second kappa shape index (κ2) is 9.00.